The van der Waals surface area contributed by atoms with Crippen LogP contribution < -0.4 is 0 Å². The van der Waals surface area contributed by atoms with Crippen LogP contribution in [0, 0.1) is 55.4 Å². The Bertz CT molecular complexity index is 2320. The van der Waals surface area contributed by atoms with E-state index in [4.69, 9.17) is 0 Å². The third-order valence-electron chi connectivity index (χ3n) is 11.4. The SMILES string of the molecule is Cc1ccc(C(c2ccc(C=Cc3cc(C)c(C=Cc4ccc(C(c5ccc(C)cc5)c5ccc(C)cc5C)cc4)cc3C)cc2)c2ccc(C)cc2C)cc1. The van der Waals surface area contributed by atoms with E-state index in [1.807, 2.05) is 0 Å². The second-order valence-electron chi connectivity index (χ2n) is 16.0. The van der Waals surface area contributed by atoms with Crippen molar-refractivity contribution in [2.45, 2.75) is 67.2 Å². The summed E-state index contributed by atoms with van der Waals surface area (Å²) >= 11 is 0. The number of rotatable bonds is 10. The van der Waals surface area contributed by atoms with Crippen molar-refractivity contribution in [1.29, 1.82) is 0 Å². The summed E-state index contributed by atoms with van der Waals surface area (Å²) in [6.07, 6.45) is 8.99. The molecule has 0 aromatic heterocycles. The molecule has 0 saturated carbocycles. The molecule has 0 aliphatic carbocycles. The van der Waals surface area contributed by atoms with Gasteiger partial charge in [0, 0.05) is 11.8 Å². The highest BCUT2D eigenvalue weighted by molar-refractivity contribution is 5.76. The van der Waals surface area contributed by atoms with Crippen molar-refractivity contribution in [3.63, 3.8) is 0 Å². The van der Waals surface area contributed by atoms with E-state index in [-0.39, 0.29) is 11.8 Å². The molecule has 0 spiro atoms. The van der Waals surface area contributed by atoms with Gasteiger partial charge in [-0.15, -0.1) is 0 Å². The summed E-state index contributed by atoms with van der Waals surface area (Å²) in [4.78, 5) is 0. The Hall–Kier alpha value is -5.98. The van der Waals surface area contributed by atoms with Crippen LogP contribution in [0.4, 0.5) is 0 Å². The zero-order valence-electron chi connectivity index (χ0n) is 34.3. The average molecular weight is 727 g/mol. The minimum Gasteiger partial charge on any atom is -0.0590 e. The van der Waals surface area contributed by atoms with Crippen LogP contribution in [0.3, 0.4) is 0 Å². The average Bonchev–Trinajstić information content (AvgIpc) is 3.18. The zero-order valence-corrected chi connectivity index (χ0v) is 34.3. The molecule has 0 heterocycles. The smallest absolute Gasteiger partial charge is 0.0342 e. The standard InChI is InChI=1S/C56H54/c1-37-9-21-47(22-10-37)55(53-31-13-39(3)33-43(53)7)49-25-15-45(16-26-49)19-29-51-35-42(6)52(36-41(51)5)30-20-46-17-27-50(28-18-46)56(48-23-11-38(2)12-24-48)54-32-14-40(4)34-44(54)8/h9-36,55-56H,1-8H3. The molecular weight excluding hydrogens is 673 g/mol. The van der Waals surface area contributed by atoms with Gasteiger partial charge in [-0.2, -0.15) is 0 Å². The van der Waals surface area contributed by atoms with Gasteiger partial charge in [-0.1, -0.05) is 192 Å². The lowest BCUT2D eigenvalue weighted by molar-refractivity contribution is 0.959. The first-order chi connectivity index (χ1) is 27.0. The highest BCUT2D eigenvalue weighted by Crippen LogP contribution is 2.36. The van der Waals surface area contributed by atoms with E-state index >= 15 is 0 Å². The monoisotopic (exact) mass is 726 g/mol. The summed E-state index contributed by atoms with van der Waals surface area (Å²) in [6, 6.07) is 54.5. The number of hydrogen-bond acceptors (Lipinski definition) is 0. The second kappa shape index (κ2) is 16.8. The van der Waals surface area contributed by atoms with Crippen LogP contribution >= 0.6 is 0 Å². The highest BCUT2D eigenvalue weighted by atomic mass is 14.2. The van der Waals surface area contributed by atoms with Crippen molar-refractivity contribution >= 4 is 24.3 Å². The van der Waals surface area contributed by atoms with Gasteiger partial charge < -0.3 is 0 Å². The maximum atomic E-state index is 2.31. The Labute approximate surface area is 336 Å². The van der Waals surface area contributed by atoms with Gasteiger partial charge >= 0.3 is 0 Å². The van der Waals surface area contributed by atoms with Gasteiger partial charge in [0.15, 0.2) is 0 Å². The Morgan fingerprint density at radius 3 is 0.911 bits per heavy atom. The molecule has 278 valence electrons. The molecule has 7 rings (SSSR count). The summed E-state index contributed by atoms with van der Waals surface area (Å²) in [6.45, 7) is 17.5. The molecule has 2 atom stereocenters. The first kappa shape index (κ1) is 38.3. The molecule has 0 radical (unpaired) electrons. The van der Waals surface area contributed by atoms with E-state index in [0.717, 1.165) is 0 Å². The van der Waals surface area contributed by atoms with Crippen LogP contribution in [0.15, 0.2) is 146 Å². The summed E-state index contributed by atoms with van der Waals surface area (Å²) < 4.78 is 0. The summed E-state index contributed by atoms with van der Waals surface area (Å²) in [5.74, 6) is 0.382. The predicted molar refractivity (Wildman–Crippen MR) is 243 cm³/mol. The van der Waals surface area contributed by atoms with E-state index in [9.17, 15) is 0 Å². The third kappa shape index (κ3) is 8.77. The van der Waals surface area contributed by atoms with Crippen LogP contribution in [0.1, 0.15) is 112 Å². The molecule has 0 fully saturated rings. The van der Waals surface area contributed by atoms with Crippen molar-refractivity contribution in [3.05, 3.63) is 246 Å². The highest BCUT2D eigenvalue weighted by Gasteiger charge is 2.20. The fraction of sp³-hybridized carbons (Fsp3) is 0.179. The number of hydrogen-bond donors (Lipinski definition) is 0. The minimum absolute atomic E-state index is 0.191. The van der Waals surface area contributed by atoms with Gasteiger partial charge in [-0.05, 0) is 133 Å². The third-order valence-corrected chi connectivity index (χ3v) is 11.4. The van der Waals surface area contributed by atoms with Crippen LogP contribution in [-0.4, -0.2) is 0 Å². The van der Waals surface area contributed by atoms with Gasteiger partial charge in [0.2, 0.25) is 0 Å². The maximum Gasteiger partial charge on any atom is 0.0342 e. The lowest BCUT2D eigenvalue weighted by atomic mass is 9.82. The van der Waals surface area contributed by atoms with Crippen LogP contribution in [0.2, 0.25) is 0 Å². The van der Waals surface area contributed by atoms with Crippen molar-refractivity contribution < 1.29 is 0 Å². The summed E-state index contributed by atoms with van der Waals surface area (Å²) in [5.41, 5.74) is 23.2. The van der Waals surface area contributed by atoms with Crippen molar-refractivity contribution in [2.75, 3.05) is 0 Å². The number of benzene rings is 7. The van der Waals surface area contributed by atoms with Crippen molar-refractivity contribution in [1.82, 2.24) is 0 Å². The fourth-order valence-electron chi connectivity index (χ4n) is 8.11. The molecule has 2 unspecified atom stereocenters. The molecule has 7 aromatic rings. The van der Waals surface area contributed by atoms with E-state index in [0.29, 0.717) is 0 Å². The molecular formula is C56H54. The van der Waals surface area contributed by atoms with Crippen LogP contribution in [-0.2, 0) is 0 Å². The molecule has 0 aliphatic rings. The van der Waals surface area contributed by atoms with Gasteiger partial charge in [-0.25, -0.2) is 0 Å². The lowest BCUT2D eigenvalue weighted by Gasteiger charge is -2.22. The summed E-state index contributed by atoms with van der Waals surface area (Å²) in [5, 5.41) is 0. The van der Waals surface area contributed by atoms with Gasteiger partial charge in [0.1, 0.15) is 0 Å². The zero-order chi connectivity index (χ0) is 39.3. The van der Waals surface area contributed by atoms with E-state index in [1.165, 1.54) is 100 Å². The van der Waals surface area contributed by atoms with Crippen molar-refractivity contribution in [3.8, 4) is 0 Å². The molecule has 0 aliphatic heterocycles. The Morgan fingerprint density at radius 2 is 0.589 bits per heavy atom. The van der Waals surface area contributed by atoms with E-state index < -0.39 is 0 Å². The maximum absolute atomic E-state index is 2.31. The minimum atomic E-state index is 0.191. The van der Waals surface area contributed by atoms with E-state index in [1.54, 1.807) is 0 Å². The first-order valence-electron chi connectivity index (χ1n) is 20.0. The molecule has 0 bridgehead atoms. The normalized spacial score (nSPS) is 12.7. The largest absolute Gasteiger partial charge is 0.0590 e. The molecule has 0 N–H and O–H groups in total. The summed E-state index contributed by atoms with van der Waals surface area (Å²) in [7, 11) is 0. The first-order valence-corrected chi connectivity index (χ1v) is 20.0. The molecule has 0 nitrogen and oxygen atoms in total. The molecule has 7 aromatic carbocycles. The Morgan fingerprint density at radius 1 is 0.286 bits per heavy atom. The Balaban J connectivity index is 1.08. The quantitative estimate of drug-likeness (QED) is 0.0972. The van der Waals surface area contributed by atoms with Gasteiger partial charge in [-0.3, -0.25) is 0 Å². The fourth-order valence-corrected chi connectivity index (χ4v) is 8.11. The Kier molecular flexibility index (Phi) is 11.5. The molecule has 0 saturated heterocycles. The number of aryl methyl sites for hydroxylation is 8. The molecule has 0 heteroatoms. The van der Waals surface area contributed by atoms with Gasteiger partial charge in [0.05, 0.1) is 0 Å². The lowest BCUT2D eigenvalue weighted by Crippen LogP contribution is -2.06. The van der Waals surface area contributed by atoms with E-state index in [2.05, 4.69) is 225 Å². The van der Waals surface area contributed by atoms with Gasteiger partial charge in [0.25, 0.3) is 0 Å². The molecule has 56 heavy (non-hydrogen) atoms. The van der Waals surface area contributed by atoms with Crippen molar-refractivity contribution in [2.24, 2.45) is 0 Å². The predicted octanol–water partition coefficient (Wildman–Crippen LogP) is 14.9. The molecule has 0 amide bonds. The topological polar surface area (TPSA) is 0 Å². The van der Waals surface area contributed by atoms with Crippen LogP contribution in [0.25, 0.3) is 24.3 Å². The second-order valence-corrected chi connectivity index (χ2v) is 16.0. The van der Waals surface area contributed by atoms with Crippen LogP contribution in [0.5, 0.6) is 0 Å².